The second-order valence-electron chi connectivity index (χ2n) is 5.86. The van der Waals surface area contributed by atoms with Crippen molar-refractivity contribution in [2.75, 3.05) is 24.5 Å². The molecule has 0 atom stereocenters. The van der Waals surface area contributed by atoms with Crippen LogP contribution < -0.4 is 14.8 Å². The summed E-state index contributed by atoms with van der Waals surface area (Å²) in [6.45, 7) is 2.13. The predicted molar refractivity (Wildman–Crippen MR) is 76.9 cm³/mol. The second-order valence-corrected chi connectivity index (χ2v) is 7.23. The van der Waals surface area contributed by atoms with Gasteiger partial charge in [0.05, 0.1) is 0 Å². The molecule has 21 heavy (non-hydrogen) atoms. The summed E-state index contributed by atoms with van der Waals surface area (Å²) in [6.07, 6.45) is 5.10. The van der Waals surface area contributed by atoms with E-state index in [2.05, 4.69) is 19.8 Å². The number of nitrogens with two attached hydrogens (primary N) is 1. The zero-order valence-electron chi connectivity index (χ0n) is 11.9. The topological polar surface area (TPSA) is 114 Å². The Morgan fingerprint density at radius 2 is 1.95 bits per heavy atom. The molecule has 2 aliphatic rings. The van der Waals surface area contributed by atoms with Gasteiger partial charge in [0.2, 0.25) is 5.89 Å². The minimum atomic E-state index is -3.57. The smallest absolute Gasteiger partial charge is 0.318 e. The SMILES string of the molecule is NS(=O)(=O)NCCC1CCN(c2nnc(C3CC3)o2)CC1. The minimum absolute atomic E-state index is 0.399. The van der Waals surface area contributed by atoms with Crippen LogP contribution in [0.3, 0.4) is 0 Å². The van der Waals surface area contributed by atoms with Gasteiger partial charge >= 0.3 is 6.01 Å². The van der Waals surface area contributed by atoms with Gasteiger partial charge in [-0.05, 0) is 38.0 Å². The third-order valence-electron chi connectivity index (χ3n) is 4.10. The first kappa shape index (κ1) is 14.7. The molecule has 118 valence electrons. The summed E-state index contributed by atoms with van der Waals surface area (Å²) in [4.78, 5) is 2.11. The van der Waals surface area contributed by atoms with Crippen molar-refractivity contribution in [2.24, 2.45) is 11.1 Å². The van der Waals surface area contributed by atoms with Crippen LogP contribution in [0.4, 0.5) is 6.01 Å². The van der Waals surface area contributed by atoms with Crippen molar-refractivity contribution in [3.63, 3.8) is 0 Å². The third-order valence-corrected chi connectivity index (χ3v) is 4.70. The van der Waals surface area contributed by atoms with Crippen molar-refractivity contribution in [3.8, 4) is 0 Å². The largest absolute Gasteiger partial charge is 0.408 e. The van der Waals surface area contributed by atoms with E-state index >= 15 is 0 Å². The highest BCUT2D eigenvalue weighted by Crippen LogP contribution is 2.40. The molecule has 3 N–H and O–H groups in total. The van der Waals surface area contributed by atoms with Gasteiger partial charge in [0.1, 0.15) is 0 Å². The molecule has 1 aromatic rings. The number of hydrogen-bond donors (Lipinski definition) is 2. The lowest BCUT2D eigenvalue weighted by atomic mass is 9.94. The molecule has 8 nitrogen and oxygen atoms in total. The quantitative estimate of drug-likeness (QED) is 0.782. The van der Waals surface area contributed by atoms with E-state index in [1.54, 1.807) is 0 Å². The van der Waals surface area contributed by atoms with E-state index in [4.69, 9.17) is 9.56 Å². The van der Waals surface area contributed by atoms with E-state index in [0.29, 0.717) is 24.4 Å². The Bertz CT molecular complexity index is 575. The van der Waals surface area contributed by atoms with E-state index in [1.807, 2.05) is 0 Å². The van der Waals surface area contributed by atoms with Crippen molar-refractivity contribution in [1.82, 2.24) is 14.9 Å². The molecule has 9 heteroatoms. The van der Waals surface area contributed by atoms with E-state index < -0.39 is 10.2 Å². The fourth-order valence-electron chi connectivity index (χ4n) is 2.67. The molecule has 0 unspecified atom stereocenters. The highest BCUT2D eigenvalue weighted by Gasteiger charge is 2.31. The first-order valence-corrected chi connectivity index (χ1v) is 8.91. The van der Waals surface area contributed by atoms with Gasteiger partial charge in [0, 0.05) is 25.6 Å². The first-order chi connectivity index (χ1) is 10.0. The highest BCUT2D eigenvalue weighted by molar-refractivity contribution is 7.87. The molecule has 0 aromatic carbocycles. The number of nitrogens with one attached hydrogen (secondary N) is 1. The lowest BCUT2D eigenvalue weighted by Gasteiger charge is -2.30. The lowest BCUT2D eigenvalue weighted by molar-refractivity contribution is 0.365. The molecule has 3 rings (SSSR count). The number of nitrogens with zero attached hydrogens (tertiary/aromatic N) is 3. The average Bonchev–Trinajstić information content (AvgIpc) is 3.16. The normalized spacial score (nSPS) is 20.9. The van der Waals surface area contributed by atoms with Gasteiger partial charge in [-0.15, -0.1) is 5.10 Å². The van der Waals surface area contributed by atoms with Gasteiger partial charge in [-0.3, -0.25) is 0 Å². The van der Waals surface area contributed by atoms with Crippen LogP contribution >= 0.6 is 0 Å². The van der Waals surface area contributed by atoms with Crippen LogP contribution in [0.1, 0.15) is 43.9 Å². The summed E-state index contributed by atoms with van der Waals surface area (Å²) in [5.74, 6) is 1.75. The number of piperidine rings is 1. The second kappa shape index (κ2) is 5.90. The van der Waals surface area contributed by atoms with Gasteiger partial charge in [-0.25, -0.2) is 9.86 Å². The molecule has 0 radical (unpaired) electrons. The summed E-state index contributed by atoms with van der Waals surface area (Å²) in [6, 6.07) is 0.623. The Morgan fingerprint density at radius 1 is 1.24 bits per heavy atom. The Balaban J connectivity index is 1.43. The summed E-state index contributed by atoms with van der Waals surface area (Å²) < 4.78 is 29.6. The molecule has 1 saturated carbocycles. The molecule has 2 heterocycles. The molecule has 1 saturated heterocycles. The van der Waals surface area contributed by atoms with Crippen molar-refractivity contribution >= 4 is 16.2 Å². The Hall–Kier alpha value is -1.19. The molecule has 2 fully saturated rings. The van der Waals surface area contributed by atoms with Crippen LogP contribution in [0.5, 0.6) is 0 Å². The molecular weight excluding hydrogens is 294 g/mol. The molecular formula is C12H21N5O3S. The fraction of sp³-hybridized carbons (Fsp3) is 0.833. The third kappa shape index (κ3) is 4.14. The summed E-state index contributed by atoms with van der Waals surface area (Å²) in [7, 11) is -3.57. The van der Waals surface area contributed by atoms with Crippen molar-refractivity contribution in [1.29, 1.82) is 0 Å². The van der Waals surface area contributed by atoms with Crippen molar-refractivity contribution in [3.05, 3.63) is 5.89 Å². The summed E-state index contributed by atoms with van der Waals surface area (Å²) in [5.41, 5.74) is 0. The predicted octanol–water partition coefficient (Wildman–Crippen LogP) is 0.347. The maximum Gasteiger partial charge on any atom is 0.318 e. The number of aromatic nitrogens is 2. The number of rotatable bonds is 6. The lowest BCUT2D eigenvalue weighted by Crippen LogP contribution is -2.36. The molecule has 0 bridgehead atoms. The maximum atomic E-state index is 10.8. The number of hydrogen-bond acceptors (Lipinski definition) is 6. The van der Waals surface area contributed by atoms with E-state index in [1.165, 1.54) is 0 Å². The van der Waals surface area contributed by atoms with Crippen LogP contribution in [0.2, 0.25) is 0 Å². The van der Waals surface area contributed by atoms with Gasteiger partial charge in [0.25, 0.3) is 10.2 Å². The van der Waals surface area contributed by atoms with Crippen LogP contribution in [-0.4, -0.2) is 38.2 Å². The maximum absolute atomic E-state index is 10.8. The molecule has 1 aliphatic heterocycles. The van der Waals surface area contributed by atoms with Gasteiger partial charge in [-0.1, -0.05) is 5.10 Å². The first-order valence-electron chi connectivity index (χ1n) is 7.37. The monoisotopic (exact) mass is 315 g/mol. The van der Waals surface area contributed by atoms with E-state index in [-0.39, 0.29) is 0 Å². The Labute approximate surface area is 124 Å². The molecule has 1 aliphatic carbocycles. The molecule has 0 amide bonds. The highest BCUT2D eigenvalue weighted by atomic mass is 32.2. The standard InChI is InChI=1S/C12H21N5O3S/c13-21(18,19)14-6-3-9-4-7-17(8-5-9)12-16-15-11(20-12)10-1-2-10/h9-10,14H,1-8H2,(H2,13,18,19). The van der Waals surface area contributed by atoms with E-state index in [9.17, 15) is 8.42 Å². The van der Waals surface area contributed by atoms with Gasteiger partial charge < -0.3 is 9.32 Å². The van der Waals surface area contributed by atoms with Gasteiger partial charge in [-0.2, -0.15) is 8.42 Å². The fourth-order valence-corrected chi connectivity index (χ4v) is 3.07. The van der Waals surface area contributed by atoms with Crippen molar-refractivity contribution < 1.29 is 12.8 Å². The van der Waals surface area contributed by atoms with Crippen molar-refractivity contribution in [2.45, 2.75) is 38.0 Å². The zero-order valence-corrected chi connectivity index (χ0v) is 12.7. The summed E-state index contributed by atoms with van der Waals surface area (Å²) >= 11 is 0. The Morgan fingerprint density at radius 3 is 2.57 bits per heavy atom. The van der Waals surface area contributed by atoms with Crippen LogP contribution in [-0.2, 0) is 10.2 Å². The number of anilines is 1. The van der Waals surface area contributed by atoms with Gasteiger partial charge in [0.15, 0.2) is 0 Å². The van der Waals surface area contributed by atoms with Crippen LogP contribution in [0.15, 0.2) is 4.42 Å². The van der Waals surface area contributed by atoms with Crippen LogP contribution in [0.25, 0.3) is 0 Å². The zero-order chi connectivity index (χ0) is 14.9. The van der Waals surface area contributed by atoms with E-state index in [0.717, 1.165) is 51.1 Å². The molecule has 0 spiro atoms. The summed E-state index contributed by atoms with van der Waals surface area (Å²) in [5, 5.41) is 13.1. The Kier molecular flexibility index (Phi) is 4.14. The molecule has 1 aromatic heterocycles. The minimum Gasteiger partial charge on any atom is -0.408 e. The average molecular weight is 315 g/mol. The van der Waals surface area contributed by atoms with Crippen LogP contribution in [0, 0.1) is 5.92 Å².